The number of hydrogen-bond donors (Lipinski definition) is 0. The summed E-state index contributed by atoms with van der Waals surface area (Å²) in [5, 5.41) is 0. The molecule has 0 amide bonds. The molecule has 4 saturated carbocycles. The Bertz CT molecular complexity index is 2240. The summed E-state index contributed by atoms with van der Waals surface area (Å²) in [7, 11) is 0. The van der Waals surface area contributed by atoms with Crippen LogP contribution in [0, 0.1) is 23.7 Å². The summed E-state index contributed by atoms with van der Waals surface area (Å²) in [4.78, 5) is 2.62. The first kappa shape index (κ1) is 29.1. The fourth-order valence-corrected chi connectivity index (χ4v) is 12.4. The van der Waals surface area contributed by atoms with Crippen molar-refractivity contribution >= 4 is 17.1 Å². The van der Waals surface area contributed by atoms with Crippen molar-refractivity contribution in [3.63, 3.8) is 0 Å². The summed E-state index contributed by atoms with van der Waals surface area (Å²) >= 11 is 0. The summed E-state index contributed by atoms with van der Waals surface area (Å²) < 4.78 is 0. The van der Waals surface area contributed by atoms with E-state index in [2.05, 4.69) is 152 Å². The predicted octanol–water partition coefficient (Wildman–Crippen LogP) is 12.8. The molecule has 4 bridgehead atoms. The molecule has 4 fully saturated rings. The molecule has 0 heterocycles. The molecule has 1 unspecified atom stereocenters. The van der Waals surface area contributed by atoms with Crippen LogP contribution in [0.15, 0.2) is 133 Å². The van der Waals surface area contributed by atoms with Crippen LogP contribution in [0.1, 0.15) is 86.1 Å². The van der Waals surface area contributed by atoms with E-state index in [0.29, 0.717) is 5.92 Å². The van der Waals surface area contributed by atoms with Gasteiger partial charge in [-0.15, -0.1) is 0 Å². The predicted molar refractivity (Wildman–Crippen MR) is 208 cm³/mol. The zero-order chi connectivity index (χ0) is 33.2. The van der Waals surface area contributed by atoms with Crippen LogP contribution in [0.2, 0.25) is 0 Å². The summed E-state index contributed by atoms with van der Waals surface area (Å²) in [6.07, 6.45) is 17.3. The van der Waals surface area contributed by atoms with Crippen LogP contribution in [0.4, 0.5) is 17.1 Å². The summed E-state index contributed by atoms with van der Waals surface area (Å²) in [5.74, 6) is 3.71. The summed E-state index contributed by atoms with van der Waals surface area (Å²) in [6.45, 7) is 4.81. The third-order valence-corrected chi connectivity index (χ3v) is 14.2. The number of fused-ring (bicyclic) bond motifs is 6. The van der Waals surface area contributed by atoms with E-state index in [0.717, 1.165) is 30.1 Å². The SMILES string of the molecule is CC1(C)c2ccccc2-c2ccc(N(c3ccc4c(c3)C3(c5ccccc5-4)C4CC5CC(C4)CC3C5)c3ccccc3C3C=CC=CC3)cc21. The van der Waals surface area contributed by atoms with E-state index in [1.807, 2.05) is 0 Å². The van der Waals surface area contributed by atoms with Gasteiger partial charge in [-0.3, -0.25) is 0 Å². The molecule has 0 saturated heterocycles. The zero-order valence-electron chi connectivity index (χ0n) is 29.3. The Kier molecular flexibility index (Phi) is 6.09. The van der Waals surface area contributed by atoms with Gasteiger partial charge in [0.2, 0.25) is 0 Å². The van der Waals surface area contributed by atoms with Crippen molar-refractivity contribution in [2.24, 2.45) is 23.7 Å². The maximum atomic E-state index is 2.66. The lowest BCUT2D eigenvalue weighted by atomic mass is 9.43. The number of rotatable bonds is 4. The Morgan fingerprint density at radius 2 is 1.12 bits per heavy atom. The highest BCUT2D eigenvalue weighted by Gasteiger charge is 2.61. The van der Waals surface area contributed by atoms with Gasteiger partial charge in [-0.2, -0.15) is 0 Å². The van der Waals surface area contributed by atoms with Crippen molar-refractivity contribution in [1.82, 2.24) is 0 Å². The average Bonchev–Trinajstić information content (AvgIpc) is 3.56. The average molecular weight is 648 g/mol. The lowest BCUT2D eigenvalue weighted by molar-refractivity contribution is -0.0399. The van der Waals surface area contributed by atoms with Gasteiger partial charge in [0.05, 0.1) is 0 Å². The molecule has 1 heteroatoms. The lowest BCUT2D eigenvalue weighted by Crippen LogP contribution is -2.55. The van der Waals surface area contributed by atoms with Crippen LogP contribution in [-0.2, 0) is 10.8 Å². The van der Waals surface area contributed by atoms with Gasteiger partial charge in [0.1, 0.15) is 0 Å². The van der Waals surface area contributed by atoms with Gasteiger partial charge in [0.15, 0.2) is 0 Å². The van der Waals surface area contributed by atoms with Gasteiger partial charge >= 0.3 is 0 Å². The third-order valence-electron chi connectivity index (χ3n) is 14.2. The van der Waals surface area contributed by atoms with Crippen molar-refractivity contribution in [2.75, 3.05) is 4.90 Å². The van der Waals surface area contributed by atoms with Crippen LogP contribution in [-0.4, -0.2) is 0 Å². The van der Waals surface area contributed by atoms with E-state index in [1.54, 1.807) is 11.1 Å². The molecular weight excluding hydrogens is 603 g/mol. The summed E-state index contributed by atoms with van der Waals surface area (Å²) in [6, 6.07) is 42.7. The number of benzene rings is 5. The van der Waals surface area contributed by atoms with Crippen molar-refractivity contribution in [3.8, 4) is 22.3 Å². The van der Waals surface area contributed by atoms with Crippen LogP contribution >= 0.6 is 0 Å². The first-order valence-corrected chi connectivity index (χ1v) is 19.2. The summed E-state index contributed by atoms with van der Waals surface area (Å²) in [5.41, 5.74) is 17.1. The number of para-hydroxylation sites is 1. The van der Waals surface area contributed by atoms with Crippen LogP contribution in [0.5, 0.6) is 0 Å². The van der Waals surface area contributed by atoms with Gasteiger partial charge in [-0.05, 0) is 143 Å². The maximum Gasteiger partial charge on any atom is 0.0499 e. The molecule has 0 N–H and O–H groups in total. The van der Waals surface area contributed by atoms with Gasteiger partial charge in [-0.25, -0.2) is 0 Å². The molecule has 5 aromatic rings. The molecule has 50 heavy (non-hydrogen) atoms. The van der Waals surface area contributed by atoms with E-state index in [-0.39, 0.29) is 10.8 Å². The molecule has 7 aliphatic carbocycles. The third kappa shape index (κ3) is 3.84. The number of hydrogen-bond acceptors (Lipinski definition) is 1. The minimum Gasteiger partial charge on any atom is -0.310 e. The van der Waals surface area contributed by atoms with Gasteiger partial charge < -0.3 is 4.90 Å². The van der Waals surface area contributed by atoms with Crippen molar-refractivity contribution in [3.05, 3.63) is 161 Å². The Hall–Kier alpha value is -4.62. The maximum absolute atomic E-state index is 2.66. The molecule has 0 radical (unpaired) electrons. The minimum atomic E-state index is -0.0615. The molecule has 5 aromatic carbocycles. The van der Waals surface area contributed by atoms with Crippen molar-refractivity contribution < 1.29 is 0 Å². The van der Waals surface area contributed by atoms with E-state index in [4.69, 9.17) is 0 Å². The van der Waals surface area contributed by atoms with E-state index >= 15 is 0 Å². The molecular formula is C49H45N. The zero-order valence-corrected chi connectivity index (χ0v) is 29.3. The quantitative estimate of drug-likeness (QED) is 0.188. The smallest absolute Gasteiger partial charge is 0.0499 e. The molecule has 246 valence electrons. The fraction of sp³-hybridized carbons (Fsp3) is 0.306. The molecule has 0 aliphatic heterocycles. The largest absolute Gasteiger partial charge is 0.310 e. The molecule has 12 rings (SSSR count). The Balaban J connectivity index is 1.14. The molecule has 7 aliphatic rings. The van der Waals surface area contributed by atoms with Crippen LogP contribution in [0.25, 0.3) is 22.3 Å². The Morgan fingerprint density at radius 1 is 0.540 bits per heavy atom. The van der Waals surface area contributed by atoms with E-state index < -0.39 is 0 Å². The van der Waals surface area contributed by atoms with Gasteiger partial charge in [-0.1, -0.05) is 117 Å². The topological polar surface area (TPSA) is 3.24 Å². The number of anilines is 3. The second-order valence-corrected chi connectivity index (χ2v) is 16.9. The monoisotopic (exact) mass is 647 g/mol. The highest BCUT2D eigenvalue weighted by molar-refractivity contribution is 5.89. The lowest BCUT2D eigenvalue weighted by Gasteiger charge is -2.61. The van der Waals surface area contributed by atoms with Crippen molar-refractivity contribution in [1.29, 1.82) is 0 Å². The first-order chi connectivity index (χ1) is 24.5. The van der Waals surface area contributed by atoms with E-state index in [9.17, 15) is 0 Å². The number of allylic oxidation sites excluding steroid dienone is 4. The molecule has 1 nitrogen and oxygen atoms in total. The second-order valence-electron chi connectivity index (χ2n) is 16.9. The standard InChI is InChI=1S/C49H45N/c1-48(2)43-17-9-6-15-39(43)41-22-20-36(29-45(41)48)50(47-19-11-8-14-38(47)33-12-4-3-5-13-33)37-21-23-42-40-16-7-10-18-44(40)49(46(42)30-37)34-25-31-24-32(27-34)28-35(49)26-31/h3-12,14-23,29-35H,13,24-28H2,1-2H3. The van der Waals surface area contributed by atoms with Crippen molar-refractivity contribution in [2.45, 2.75) is 69.1 Å². The molecule has 0 aromatic heterocycles. The van der Waals surface area contributed by atoms with Gasteiger partial charge in [0.25, 0.3) is 0 Å². The first-order valence-electron chi connectivity index (χ1n) is 19.2. The van der Waals surface area contributed by atoms with Crippen LogP contribution in [0.3, 0.4) is 0 Å². The van der Waals surface area contributed by atoms with Crippen LogP contribution < -0.4 is 4.90 Å². The Labute approximate surface area is 297 Å². The molecule has 1 atom stereocenters. The number of nitrogens with zero attached hydrogens (tertiary/aromatic N) is 1. The Morgan fingerprint density at radius 3 is 1.82 bits per heavy atom. The second kappa shape index (κ2) is 10.5. The molecule has 1 spiro atoms. The normalized spacial score (nSPS) is 28.4. The fourth-order valence-electron chi connectivity index (χ4n) is 12.4. The van der Waals surface area contributed by atoms with Gasteiger partial charge in [0, 0.05) is 33.8 Å². The highest BCUT2D eigenvalue weighted by atomic mass is 15.1. The van der Waals surface area contributed by atoms with E-state index in [1.165, 1.54) is 88.1 Å². The highest BCUT2D eigenvalue weighted by Crippen LogP contribution is 2.69. The minimum absolute atomic E-state index is 0.0615.